The molecule has 2 heterocycles. The van der Waals surface area contributed by atoms with Crippen molar-refractivity contribution in [1.29, 1.82) is 0 Å². The van der Waals surface area contributed by atoms with Gasteiger partial charge in [0.1, 0.15) is 12.4 Å². The standard InChI is InChI=1S/C17H15ClFN5O4S/c1-23(7-10-11(18)3-2-4-12(10)19)15(26)9-29-17-22-21-14(28-17)8-24-6-5-13(25)20-16(24)27/h2-6H,7-9H2,1H3,(H,20,25,27). The summed E-state index contributed by atoms with van der Waals surface area (Å²) in [6.45, 7) is -0.00207. The summed E-state index contributed by atoms with van der Waals surface area (Å²) in [6, 6.07) is 5.53. The number of rotatable bonds is 7. The number of aromatic nitrogens is 4. The second-order valence-electron chi connectivity index (χ2n) is 5.94. The normalized spacial score (nSPS) is 10.9. The fraction of sp³-hybridized carbons (Fsp3) is 0.235. The second-order valence-corrected chi connectivity index (χ2v) is 7.27. The topological polar surface area (TPSA) is 114 Å². The number of aromatic amines is 1. The van der Waals surface area contributed by atoms with Crippen LogP contribution in [0, 0.1) is 5.82 Å². The summed E-state index contributed by atoms with van der Waals surface area (Å²) < 4.78 is 20.4. The fourth-order valence-corrected chi connectivity index (χ4v) is 3.26. The zero-order valence-electron chi connectivity index (χ0n) is 15.1. The van der Waals surface area contributed by atoms with Gasteiger partial charge in [0.15, 0.2) is 0 Å². The number of carbonyl (C=O) groups is 1. The third-order valence-corrected chi connectivity index (χ3v) is 5.01. The van der Waals surface area contributed by atoms with Gasteiger partial charge in [-0.25, -0.2) is 9.18 Å². The maximum absolute atomic E-state index is 13.9. The van der Waals surface area contributed by atoms with Crippen LogP contribution < -0.4 is 11.2 Å². The molecule has 0 atom stereocenters. The third-order valence-electron chi connectivity index (χ3n) is 3.85. The number of amides is 1. The van der Waals surface area contributed by atoms with Crippen molar-refractivity contribution in [1.82, 2.24) is 24.6 Å². The van der Waals surface area contributed by atoms with Crippen molar-refractivity contribution in [2.75, 3.05) is 12.8 Å². The van der Waals surface area contributed by atoms with E-state index in [9.17, 15) is 18.8 Å². The SMILES string of the molecule is CN(Cc1c(F)cccc1Cl)C(=O)CSc1nnc(Cn2ccc(=O)[nH]c2=O)o1. The first kappa shape index (κ1) is 20.8. The average molecular weight is 440 g/mol. The Morgan fingerprint density at radius 1 is 1.34 bits per heavy atom. The van der Waals surface area contributed by atoms with Crippen LogP contribution in [-0.4, -0.2) is 43.4 Å². The Balaban J connectivity index is 1.56. The number of thioether (sulfide) groups is 1. The molecular weight excluding hydrogens is 425 g/mol. The van der Waals surface area contributed by atoms with Crippen molar-refractivity contribution in [3.8, 4) is 0 Å². The molecule has 0 aliphatic heterocycles. The molecular formula is C17H15ClFN5O4S. The highest BCUT2D eigenvalue weighted by Gasteiger charge is 2.16. The molecule has 0 aliphatic rings. The molecule has 0 radical (unpaired) electrons. The number of benzene rings is 1. The summed E-state index contributed by atoms with van der Waals surface area (Å²) in [4.78, 5) is 38.5. The number of nitrogens with zero attached hydrogens (tertiary/aromatic N) is 4. The molecule has 1 N–H and O–H groups in total. The summed E-state index contributed by atoms with van der Waals surface area (Å²) in [6.07, 6.45) is 1.31. The quantitative estimate of drug-likeness (QED) is 0.555. The van der Waals surface area contributed by atoms with Crippen LogP contribution in [0.1, 0.15) is 11.5 Å². The van der Waals surface area contributed by atoms with Gasteiger partial charge in [0, 0.05) is 36.4 Å². The van der Waals surface area contributed by atoms with E-state index in [1.165, 1.54) is 40.9 Å². The van der Waals surface area contributed by atoms with Crippen molar-refractivity contribution in [3.63, 3.8) is 0 Å². The molecule has 0 bridgehead atoms. The molecule has 0 saturated heterocycles. The number of halogens is 2. The van der Waals surface area contributed by atoms with Gasteiger partial charge in [-0.2, -0.15) is 0 Å². The van der Waals surface area contributed by atoms with Gasteiger partial charge in [-0.3, -0.25) is 19.1 Å². The zero-order valence-corrected chi connectivity index (χ0v) is 16.7. The van der Waals surface area contributed by atoms with Crippen LogP contribution in [0.25, 0.3) is 0 Å². The summed E-state index contributed by atoms with van der Waals surface area (Å²) in [7, 11) is 1.54. The lowest BCUT2D eigenvalue weighted by Gasteiger charge is -2.17. The highest BCUT2D eigenvalue weighted by atomic mass is 35.5. The summed E-state index contributed by atoms with van der Waals surface area (Å²) in [5.41, 5.74) is -0.873. The van der Waals surface area contributed by atoms with Crippen LogP contribution >= 0.6 is 23.4 Å². The molecule has 1 amide bonds. The van der Waals surface area contributed by atoms with E-state index in [1.54, 1.807) is 6.07 Å². The van der Waals surface area contributed by atoms with Crippen molar-refractivity contribution in [2.24, 2.45) is 0 Å². The lowest BCUT2D eigenvalue weighted by molar-refractivity contribution is -0.127. The molecule has 0 spiro atoms. The zero-order chi connectivity index (χ0) is 21.0. The average Bonchev–Trinajstić information content (AvgIpc) is 3.12. The Morgan fingerprint density at radius 3 is 2.86 bits per heavy atom. The summed E-state index contributed by atoms with van der Waals surface area (Å²) >= 11 is 6.99. The van der Waals surface area contributed by atoms with Gasteiger partial charge in [0.25, 0.3) is 10.8 Å². The summed E-state index contributed by atoms with van der Waals surface area (Å²) in [5.74, 6) is -0.640. The number of carbonyl (C=O) groups excluding carboxylic acids is 1. The molecule has 3 rings (SSSR count). The van der Waals surface area contributed by atoms with Crippen LogP contribution in [-0.2, 0) is 17.9 Å². The molecule has 0 aliphatic carbocycles. The van der Waals surface area contributed by atoms with Crippen molar-refractivity contribution < 1.29 is 13.6 Å². The first-order valence-electron chi connectivity index (χ1n) is 8.25. The highest BCUT2D eigenvalue weighted by Crippen LogP contribution is 2.21. The Hall–Kier alpha value is -2.92. The van der Waals surface area contributed by atoms with Gasteiger partial charge in [0.05, 0.1) is 5.75 Å². The van der Waals surface area contributed by atoms with E-state index in [-0.39, 0.29) is 46.4 Å². The number of hydrogen-bond acceptors (Lipinski definition) is 7. The molecule has 1 aromatic carbocycles. The van der Waals surface area contributed by atoms with E-state index in [0.717, 1.165) is 11.8 Å². The molecule has 3 aromatic rings. The van der Waals surface area contributed by atoms with Crippen molar-refractivity contribution >= 4 is 29.3 Å². The Morgan fingerprint density at radius 2 is 2.14 bits per heavy atom. The van der Waals surface area contributed by atoms with Gasteiger partial charge in [-0.1, -0.05) is 29.4 Å². The van der Waals surface area contributed by atoms with Crippen molar-refractivity contribution in [3.05, 3.63) is 73.6 Å². The van der Waals surface area contributed by atoms with Crippen LogP contribution in [0.3, 0.4) is 0 Å². The van der Waals surface area contributed by atoms with Gasteiger partial charge in [-0.15, -0.1) is 10.2 Å². The molecule has 29 heavy (non-hydrogen) atoms. The minimum Gasteiger partial charge on any atom is -0.414 e. The molecule has 0 unspecified atom stereocenters. The Labute approximate surface area is 172 Å². The van der Waals surface area contributed by atoms with Gasteiger partial charge >= 0.3 is 5.69 Å². The minimum atomic E-state index is -0.603. The third kappa shape index (κ3) is 5.33. The molecule has 9 nitrogen and oxygen atoms in total. The van der Waals surface area contributed by atoms with E-state index in [0.29, 0.717) is 0 Å². The smallest absolute Gasteiger partial charge is 0.328 e. The number of nitrogens with one attached hydrogen (secondary N) is 1. The molecule has 0 fully saturated rings. The molecule has 12 heteroatoms. The maximum Gasteiger partial charge on any atom is 0.328 e. The monoisotopic (exact) mass is 439 g/mol. The first-order valence-corrected chi connectivity index (χ1v) is 9.61. The lowest BCUT2D eigenvalue weighted by Crippen LogP contribution is -2.28. The van der Waals surface area contributed by atoms with E-state index in [4.69, 9.17) is 16.0 Å². The maximum atomic E-state index is 13.9. The fourth-order valence-electron chi connectivity index (χ4n) is 2.32. The largest absolute Gasteiger partial charge is 0.414 e. The predicted molar refractivity (Wildman–Crippen MR) is 103 cm³/mol. The van der Waals surface area contributed by atoms with E-state index >= 15 is 0 Å². The van der Waals surface area contributed by atoms with Crippen LogP contribution in [0.15, 0.2) is 49.7 Å². The predicted octanol–water partition coefficient (Wildman–Crippen LogP) is 1.51. The Kier molecular flexibility index (Phi) is 6.49. The lowest BCUT2D eigenvalue weighted by atomic mass is 10.2. The highest BCUT2D eigenvalue weighted by molar-refractivity contribution is 7.99. The second kappa shape index (κ2) is 9.05. The van der Waals surface area contributed by atoms with Gasteiger partial charge in [-0.05, 0) is 12.1 Å². The van der Waals surface area contributed by atoms with E-state index < -0.39 is 17.1 Å². The van der Waals surface area contributed by atoms with Gasteiger partial charge < -0.3 is 9.32 Å². The first-order chi connectivity index (χ1) is 13.8. The van der Waals surface area contributed by atoms with Crippen LogP contribution in [0.5, 0.6) is 0 Å². The van der Waals surface area contributed by atoms with E-state index in [1.807, 2.05) is 0 Å². The molecule has 2 aromatic heterocycles. The Bertz CT molecular complexity index is 1120. The van der Waals surface area contributed by atoms with E-state index in [2.05, 4.69) is 15.2 Å². The van der Waals surface area contributed by atoms with Crippen LogP contribution in [0.4, 0.5) is 4.39 Å². The molecule has 0 saturated carbocycles. The van der Waals surface area contributed by atoms with Crippen LogP contribution in [0.2, 0.25) is 5.02 Å². The van der Waals surface area contributed by atoms with Gasteiger partial charge in [0.2, 0.25) is 11.8 Å². The number of hydrogen-bond donors (Lipinski definition) is 1. The summed E-state index contributed by atoms with van der Waals surface area (Å²) in [5, 5.41) is 8.01. The van der Waals surface area contributed by atoms with Crippen molar-refractivity contribution in [2.45, 2.75) is 18.3 Å². The molecule has 152 valence electrons. The minimum absolute atomic E-state index is 0.0111. The number of H-pyrrole nitrogens is 1.